The van der Waals surface area contributed by atoms with Crippen molar-refractivity contribution in [3.63, 3.8) is 0 Å². The summed E-state index contributed by atoms with van der Waals surface area (Å²) in [6.07, 6.45) is 2.07. The maximum absolute atomic E-state index is 10.3. The van der Waals surface area contributed by atoms with Crippen molar-refractivity contribution in [3.05, 3.63) is 47.7 Å². The smallest absolute Gasteiger partial charge is 0.330 e. The van der Waals surface area contributed by atoms with E-state index in [0.29, 0.717) is 5.70 Å². The molecule has 0 amide bonds. The Labute approximate surface area is 89.4 Å². The largest absolute Gasteiger partial charge is 0.478 e. The van der Waals surface area contributed by atoms with Gasteiger partial charge in [0.25, 0.3) is 0 Å². The number of benzene rings is 1. The van der Waals surface area contributed by atoms with Crippen LogP contribution in [0, 0.1) is 0 Å². The summed E-state index contributed by atoms with van der Waals surface area (Å²) in [4.78, 5) is 10.3. The molecule has 0 saturated heterocycles. The van der Waals surface area contributed by atoms with Crippen LogP contribution >= 0.6 is 0 Å². The van der Waals surface area contributed by atoms with Crippen molar-refractivity contribution in [1.82, 2.24) is 5.32 Å². The normalized spacial score (nSPS) is 11.1. The van der Waals surface area contributed by atoms with Crippen LogP contribution in [0.25, 0.3) is 0 Å². The fourth-order valence-electron chi connectivity index (χ4n) is 1.28. The van der Waals surface area contributed by atoms with Gasteiger partial charge in [0.05, 0.1) is 0 Å². The van der Waals surface area contributed by atoms with E-state index in [9.17, 15) is 4.79 Å². The van der Waals surface area contributed by atoms with Gasteiger partial charge in [-0.15, -0.1) is 0 Å². The topological polar surface area (TPSA) is 49.3 Å². The second-order valence-corrected chi connectivity index (χ2v) is 3.33. The Hall–Kier alpha value is -1.77. The maximum Gasteiger partial charge on any atom is 0.330 e. The lowest BCUT2D eigenvalue weighted by molar-refractivity contribution is -0.131. The van der Waals surface area contributed by atoms with Crippen molar-refractivity contribution < 1.29 is 9.90 Å². The van der Waals surface area contributed by atoms with Gasteiger partial charge in [0.2, 0.25) is 0 Å². The molecule has 15 heavy (non-hydrogen) atoms. The number of hydrogen-bond donors (Lipinski definition) is 2. The third-order valence-electron chi connectivity index (χ3n) is 2.00. The number of aliphatic carboxylic acids is 1. The third-order valence-corrected chi connectivity index (χ3v) is 2.00. The Morgan fingerprint density at radius 1 is 1.40 bits per heavy atom. The first kappa shape index (κ1) is 11.3. The molecule has 0 atom stereocenters. The van der Waals surface area contributed by atoms with Crippen LogP contribution in [0.3, 0.4) is 0 Å². The summed E-state index contributed by atoms with van der Waals surface area (Å²) < 4.78 is 0. The van der Waals surface area contributed by atoms with E-state index in [1.165, 1.54) is 11.6 Å². The van der Waals surface area contributed by atoms with Gasteiger partial charge in [-0.25, -0.2) is 4.79 Å². The molecule has 0 aromatic heterocycles. The third kappa shape index (κ3) is 4.86. The molecule has 1 rings (SSSR count). The first-order valence-corrected chi connectivity index (χ1v) is 4.87. The summed E-state index contributed by atoms with van der Waals surface area (Å²) in [6, 6.07) is 10.1. The fraction of sp³-hybridized carbons (Fsp3) is 0.250. The SMILES string of the molecule is C/C(=C/C(=O)O)NCCc1ccccc1. The zero-order valence-electron chi connectivity index (χ0n) is 8.73. The summed E-state index contributed by atoms with van der Waals surface area (Å²) >= 11 is 0. The summed E-state index contributed by atoms with van der Waals surface area (Å²) in [6.45, 7) is 2.50. The Kier molecular flexibility index (Phi) is 4.41. The monoisotopic (exact) mass is 205 g/mol. The van der Waals surface area contributed by atoms with Crippen LogP contribution in [-0.4, -0.2) is 17.6 Å². The van der Waals surface area contributed by atoms with Gasteiger partial charge < -0.3 is 10.4 Å². The lowest BCUT2D eigenvalue weighted by atomic mass is 10.1. The van der Waals surface area contributed by atoms with Gasteiger partial charge in [-0.3, -0.25) is 0 Å². The molecule has 1 aromatic carbocycles. The first-order chi connectivity index (χ1) is 7.18. The number of rotatable bonds is 5. The average Bonchev–Trinajstić information content (AvgIpc) is 2.18. The number of carbonyl (C=O) groups is 1. The highest BCUT2D eigenvalue weighted by atomic mass is 16.4. The summed E-state index contributed by atoms with van der Waals surface area (Å²) in [5, 5.41) is 11.5. The first-order valence-electron chi connectivity index (χ1n) is 4.87. The number of hydrogen-bond acceptors (Lipinski definition) is 2. The molecule has 80 valence electrons. The lowest BCUT2D eigenvalue weighted by Gasteiger charge is -2.05. The van der Waals surface area contributed by atoms with E-state index in [2.05, 4.69) is 17.4 Å². The maximum atomic E-state index is 10.3. The minimum Gasteiger partial charge on any atom is -0.478 e. The van der Waals surface area contributed by atoms with Gasteiger partial charge in [0.15, 0.2) is 0 Å². The zero-order valence-corrected chi connectivity index (χ0v) is 8.73. The predicted octanol–water partition coefficient (Wildman–Crippen LogP) is 1.81. The molecule has 0 bridgehead atoms. The molecule has 0 aliphatic rings. The molecule has 0 heterocycles. The van der Waals surface area contributed by atoms with Crippen LogP contribution in [0.5, 0.6) is 0 Å². The van der Waals surface area contributed by atoms with Gasteiger partial charge in [-0.1, -0.05) is 30.3 Å². The standard InChI is InChI=1S/C12H15NO2/c1-10(9-12(14)15)13-8-7-11-5-3-2-4-6-11/h2-6,9,13H,7-8H2,1H3,(H,14,15)/b10-9-. The minimum absolute atomic E-state index is 0.679. The van der Waals surface area contributed by atoms with Crippen molar-refractivity contribution >= 4 is 5.97 Å². The highest BCUT2D eigenvalue weighted by molar-refractivity contribution is 5.80. The molecule has 1 aromatic rings. The summed E-state index contributed by atoms with van der Waals surface area (Å²) in [7, 11) is 0. The Morgan fingerprint density at radius 3 is 2.67 bits per heavy atom. The molecule has 0 aliphatic carbocycles. The van der Waals surface area contributed by atoms with Gasteiger partial charge in [0, 0.05) is 18.3 Å². The number of carboxylic acids is 1. The van der Waals surface area contributed by atoms with E-state index < -0.39 is 5.97 Å². The molecule has 0 spiro atoms. The van der Waals surface area contributed by atoms with Crippen LogP contribution < -0.4 is 5.32 Å². The van der Waals surface area contributed by atoms with Gasteiger partial charge in [-0.05, 0) is 18.9 Å². The van der Waals surface area contributed by atoms with Crippen LogP contribution in [0.1, 0.15) is 12.5 Å². The summed E-state index contributed by atoms with van der Waals surface area (Å²) in [5.41, 5.74) is 1.92. The van der Waals surface area contributed by atoms with E-state index in [0.717, 1.165) is 13.0 Å². The van der Waals surface area contributed by atoms with Crippen molar-refractivity contribution in [3.8, 4) is 0 Å². The quantitative estimate of drug-likeness (QED) is 0.721. The zero-order chi connectivity index (χ0) is 11.1. The van der Waals surface area contributed by atoms with E-state index >= 15 is 0 Å². The van der Waals surface area contributed by atoms with E-state index in [1.54, 1.807) is 6.92 Å². The Balaban J connectivity index is 2.31. The molecule has 3 nitrogen and oxygen atoms in total. The predicted molar refractivity (Wildman–Crippen MR) is 59.5 cm³/mol. The van der Waals surface area contributed by atoms with Crippen LogP contribution in [0.15, 0.2) is 42.1 Å². The highest BCUT2D eigenvalue weighted by Crippen LogP contribution is 1.98. The van der Waals surface area contributed by atoms with E-state index in [4.69, 9.17) is 5.11 Å². The molecular formula is C12H15NO2. The second-order valence-electron chi connectivity index (χ2n) is 3.33. The number of allylic oxidation sites excluding steroid dienone is 1. The molecule has 2 N–H and O–H groups in total. The number of nitrogens with one attached hydrogen (secondary N) is 1. The molecule has 3 heteroatoms. The second kappa shape index (κ2) is 5.86. The minimum atomic E-state index is -0.917. The van der Waals surface area contributed by atoms with Crippen LogP contribution in [0.4, 0.5) is 0 Å². The van der Waals surface area contributed by atoms with E-state index in [1.807, 2.05) is 18.2 Å². The summed E-state index contributed by atoms with van der Waals surface area (Å²) in [5.74, 6) is -0.917. The Morgan fingerprint density at radius 2 is 2.07 bits per heavy atom. The molecule has 0 aliphatic heterocycles. The van der Waals surface area contributed by atoms with Gasteiger partial charge in [-0.2, -0.15) is 0 Å². The average molecular weight is 205 g/mol. The van der Waals surface area contributed by atoms with Crippen molar-refractivity contribution in [2.45, 2.75) is 13.3 Å². The van der Waals surface area contributed by atoms with E-state index in [-0.39, 0.29) is 0 Å². The molecule has 0 unspecified atom stereocenters. The van der Waals surface area contributed by atoms with Gasteiger partial charge >= 0.3 is 5.97 Å². The van der Waals surface area contributed by atoms with Crippen LogP contribution in [-0.2, 0) is 11.2 Å². The van der Waals surface area contributed by atoms with Crippen molar-refractivity contribution in [2.24, 2.45) is 0 Å². The molecule has 0 radical (unpaired) electrons. The van der Waals surface area contributed by atoms with Crippen molar-refractivity contribution in [2.75, 3.05) is 6.54 Å². The molecular weight excluding hydrogens is 190 g/mol. The number of carboxylic acid groups (broad SMARTS) is 1. The Bertz CT molecular complexity index is 344. The highest BCUT2D eigenvalue weighted by Gasteiger charge is 1.94. The molecule has 0 fully saturated rings. The van der Waals surface area contributed by atoms with Crippen molar-refractivity contribution in [1.29, 1.82) is 0 Å². The fourth-order valence-corrected chi connectivity index (χ4v) is 1.28. The van der Waals surface area contributed by atoms with Gasteiger partial charge in [0.1, 0.15) is 0 Å². The van der Waals surface area contributed by atoms with Crippen LogP contribution in [0.2, 0.25) is 0 Å². The lowest BCUT2D eigenvalue weighted by Crippen LogP contribution is -2.15. The molecule has 0 saturated carbocycles.